The first-order chi connectivity index (χ1) is 17.5. The van der Waals surface area contributed by atoms with Gasteiger partial charge >= 0.3 is 0 Å². The SMILES string of the molecule is CN1CCCN(C(=O)c2cccc(-c3ccc(/C(=C4/C(=O)Nc5ccc(Cl)cc54)C4CC4)o3)c2)CC1. The summed E-state index contributed by atoms with van der Waals surface area (Å²) in [5, 5.41) is 3.56. The van der Waals surface area contributed by atoms with Crippen molar-refractivity contribution in [1.29, 1.82) is 0 Å². The normalized spacial score (nSPS) is 19.6. The summed E-state index contributed by atoms with van der Waals surface area (Å²) in [6.45, 7) is 3.39. The average Bonchev–Trinajstić information content (AvgIpc) is 3.56. The van der Waals surface area contributed by atoms with Crippen molar-refractivity contribution in [3.05, 3.63) is 76.5 Å². The summed E-state index contributed by atoms with van der Waals surface area (Å²) in [5.41, 5.74) is 4.68. The molecule has 2 fully saturated rings. The van der Waals surface area contributed by atoms with Gasteiger partial charge in [-0.3, -0.25) is 9.59 Å². The largest absolute Gasteiger partial charge is 0.456 e. The number of anilines is 1. The van der Waals surface area contributed by atoms with Gasteiger partial charge in [-0.05, 0) is 81.2 Å². The number of nitrogens with one attached hydrogen (secondary N) is 1. The first kappa shape index (κ1) is 23.1. The molecule has 0 atom stereocenters. The molecule has 3 heterocycles. The first-order valence-corrected chi connectivity index (χ1v) is 12.9. The third-order valence-electron chi connectivity index (χ3n) is 7.25. The number of rotatable bonds is 4. The van der Waals surface area contributed by atoms with Gasteiger partial charge in [-0.25, -0.2) is 0 Å². The lowest BCUT2D eigenvalue weighted by Crippen LogP contribution is -2.34. The molecule has 1 saturated heterocycles. The molecule has 1 aromatic heterocycles. The average molecular weight is 502 g/mol. The highest BCUT2D eigenvalue weighted by atomic mass is 35.5. The number of hydrogen-bond donors (Lipinski definition) is 1. The van der Waals surface area contributed by atoms with Gasteiger partial charge in [0.2, 0.25) is 0 Å². The second kappa shape index (κ2) is 9.26. The van der Waals surface area contributed by atoms with Crippen LogP contribution in [0.1, 0.15) is 40.9 Å². The molecule has 2 aromatic carbocycles. The summed E-state index contributed by atoms with van der Waals surface area (Å²) in [4.78, 5) is 30.4. The van der Waals surface area contributed by atoms with Crippen LogP contribution in [0.3, 0.4) is 0 Å². The van der Waals surface area contributed by atoms with Gasteiger partial charge < -0.3 is 19.5 Å². The number of likely N-dealkylation sites (N-methyl/N-ethyl adjacent to an activating group) is 1. The third kappa shape index (κ3) is 4.36. The number of amides is 2. The molecule has 0 unspecified atom stereocenters. The van der Waals surface area contributed by atoms with Crippen molar-refractivity contribution >= 4 is 40.2 Å². The van der Waals surface area contributed by atoms with Crippen LogP contribution in [0.5, 0.6) is 0 Å². The topological polar surface area (TPSA) is 65.8 Å². The Morgan fingerprint density at radius 1 is 1.03 bits per heavy atom. The molecule has 2 aliphatic heterocycles. The Morgan fingerprint density at radius 3 is 2.72 bits per heavy atom. The van der Waals surface area contributed by atoms with Crippen molar-refractivity contribution < 1.29 is 14.0 Å². The van der Waals surface area contributed by atoms with Crippen LogP contribution < -0.4 is 5.32 Å². The van der Waals surface area contributed by atoms with Crippen LogP contribution in [-0.4, -0.2) is 54.8 Å². The van der Waals surface area contributed by atoms with E-state index in [1.54, 1.807) is 6.07 Å². The number of fused-ring (bicyclic) bond motifs is 1. The summed E-state index contributed by atoms with van der Waals surface area (Å²) < 4.78 is 6.35. The molecule has 6 rings (SSSR count). The zero-order valence-electron chi connectivity index (χ0n) is 20.2. The standard InChI is InChI=1S/C29H28ClN3O3/c1-32-12-3-13-33(15-14-32)29(35)20-5-2-4-19(16-20)24-10-11-25(36-24)26(18-6-7-18)27-22-17-21(30)8-9-23(22)31-28(27)34/h2,4-5,8-11,16-18H,3,6-7,12-15H2,1H3,(H,31,34)/b27-26+. The Morgan fingerprint density at radius 2 is 1.89 bits per heavy atom. The molecule has 0 bridgehead atoms. The van der Waals surface area contributed by atoms with Gasteiger partial charge in [0.25, 0.3) is 11.8 Å². The van der Waals surface area contributed by atoms with Crippen LogP contribution in [0.15, 0.2) is 59.0 Å². The van der Waals surface area contributed by atoms with Crippen molar-refractivity contribution in [2.75, 3.05) is 38.5 Å². The number of allylic oxidation sites excluding steroid dienone is 1. The van der Waals surface area contributed by atoms with Gasteiger partial charge in [0.15, 0.2) is 0 Å². The summed E-state index contributed by atoms with van der Waals surface area (Å²) >= 11 is 6.26. The molecule has 7 heteroatoms. The van der Waals surface area contributed by atoms with Crippen molar-refractivity contribution in [2.45, 2.75) is 19.3 Å². The number of benzene rings is 2. The quantitative estimate of drug-likeness (QED) is 0.469. The maximum absolute atomic E-state index is 13.2. The van der Waals surface area contributed by atoms with Crippen LogP contribution in [-0.2, 0) is 4.79 Å². The highest BCUT2D eigenvalue weighted by Crippen LogP contribution is 2.49. The van der Waals surface area contributed by atoms with E-state index >= 15 is 0 Å². The minimum Gasteiger partial charge on any atom is -0.456 e. The number of halogens is 1. The van der Waals surface area contributed by atoms with Crippen LogP contribution in [0.2, 0.25) is 5.02 Å². The van der Waals surface area contributed by atoms with Crippen LogP contribution >= 0.6 is 11.6 Å². The van der Waals surface area contributed by atoms with Crippen LogP contribution in [0.25, 0.3) is 22.5 Å². The Labute approximate surface area is 215 Å². The summed E-state index contributed by atoms with van der Waals surface area (Å²) in [7, 11) is 2.09. The minimum atomic E-state index is -0.122. The third-order valence-corrected chi connectivity index (χ3v) is 7.49. The maximum atomic E-state index is 13.2. The van der Waals surface area contributed by atoms with Crippen LogP contribution in [0.4, 0.5) is 5.69 Å². The lowest BCUT2D eigenvalue weighted by atomic mass is 9.96. The molecular formula is C29H28ClN3O3. The Kier molecular flexibility index (Phi) is 5.94. The van der Waals surface area contributed by atoms with E-state index in [9.17, 15) is 9.59 Å². The minimum absolute atomic E-state index is 0.0517. The Bertz CT molecular complexity index is 1390. The van der Waals surface area contributed by atoms with Crippen LogP contribution in [0, 0.1) is 5.92 Å². The van der Waals surface area contributed by atoms with Crippen molar-refractivity contribution in [3.8, 4) is 11.3 Å². The molecular weight excluding hydrogens is 474 g/mol. The van der Waals surface area contributed by atoms with Gasteiger partial charge in [-0.15, -0.1) is 0 Å². The Hall–Kier alpha value is -3.35. The fourth-order valence-corrected chi connectivity index (χ4v) is 5.35. The summed E-state index contributed by atoms with van der Waals surface area (Å²) in [6.07, 6.45) is 3.02. The Balaban J connectivity index is 1.33. The predicted octanol–water partition coefficient (Wildman–Crippen LogP) is 5.65. The number of hydrogen-bond acceptors (Lipinski definition) is 4. The van der Waals surface area contributed by atoms with Crippen molar-refractivity contribution in [2.24, 2.45) is 5.92 Å². The number of carbonyl (C=O) groups excluding carboxylic acids is 2. The highest BCUT2D eigenvalue weighted by molar-refractivity contribution is 6.38. The second-order valence-corrected chi connectivity index (χ2v) is 10.3. The van der Waals surface area contributed by atoms with E-state index in [0.29, 0.717) is 27.7 Å². The molecule has 2 amide bonds. The molecule has 0 spiro atoms. The molecule has 184 valence electrons. The van der Waals surface area contributed by atoms with E-state index in [1.165, 1.54) is 0 Å². The molecule has 6 nitrogen and oxygen atoms in total. The van der Waals surface area contributed by atoms with Gasteiger partial charge in [0.05, 0.1) is 5.57 Å². The zero-order chi connectivity index (χ0) is 24.8. The van der Waals surface area contributed by atoms with Crippen molar-refractivity contribution in [3.63, 3.8) is 0 Å². The molecule has 1 aliphatic carbocycles. The molecule has 36 heavy (non-hydrogen) atoms. The van der Waals surface area contributed by atoms with Crippen molar-refractivity contribution in [1.82, 2.24) is 9.80 Å². The monoisotopic (exact) mass is 501 g/mol. The van der Waals surface area contributed by atoms with Gasteiger partial charge in [0, 0.05) is 52.6 Å². The summed E-state index contributed by atoms with van der Waals surface area (Å²) in [5.74, 6) is 1.58. The van der Waals surface area contributed by atoms with E-state index in [0.717, 1.165) is 67.8 Å². The van der Waals surface area contributed by atoms with E-state index in [4.69, 9.17) is 16.0 Å². The smallest absolute Gasteiger partial charge is 0.256 e. The maximum Gasteiger partial charge on any atom is 0.256 e. The lowest BCUT2D eigenvalue weighted by molar-refractivity contribution is -0.110. The van der Waals surface area contributed by atoms with E-state index in [2.05, 4.69) is 17.3 Å². The fraction of sp³-hybridized carbons (Fsp3) is 0.310. The van der Waals surface area contributed by atoms with Gasteiger partial charge in [-0.2, -0.15) is 0 Å². The number of nitrogens with zero attached hydrogens (tertiary/aromatic N) is 2. The molecule has 1 N–H and O–H groups in total. The predicted molar refractivity (Wildman–Crippen MR) is 142 cm³/mol. The van der Waals surface area contributed by atoms with Gasteiger partial charge in [-0.1, -0.05) is 23.7 Å². The second-order valence-electron chi connectivity index (χ2n) is 9.90. The number of carbonyl (C=O) groups is 2. The number of furan rings is 1. The molecule has 0 radical (unpaired) electrons. The first-order valence-electron chi connectivity index (χ1n) is 12.5. The molecule has 1 saturated carbocycles. The zero-order valence-corrected chi connectivity index (χ0v) is 21.0. The molecule has 3 aliphatic rings. The lowest BCUT2D eigenvalue weighted by Gasteiger charge is -2.20. The van der Waals surface area contributed by atoms with Gasteiger partial charge in [0.1, 0.15) is 11.5 Å². The summed E-state index contributed by atoms with van der Waals surface area (Å²) in [6, 6.07) is 16.9. The van der Waals surface area contributed by atoms with E-state index in [-0.39, 0.29) is 17.7 Å². The fourth-order valence-electron chi connectivity index (χ4n) is 5.18. The van der Waals surface area contributed by atoms with E-state index < -0.39 is 0 Å². The highest BCUT2D eigenvalue weighted by Gasteiger charge is 2.37. The molecule has 3 aromatic rings. The van der Waals surface area contributed by atoms with E-state index in [1.807, 2.05) is 53.4 Å².